The van der Waals surface area contributed by atoms with Gasteiger partial charge in [-0.25, -0.2) is 4.79 Å². The van der Waals surface area contributed by atoms with Gasteiger partial charge in [0.05, 0.1) is 5.56 Å². The summed E-state index contributed by atoms with van der Waals surface area (Å²) in [5.41, 5.74) is 0.470. The van der Waals surface area contributed by atoms with Crippen molar-refractivity contribution in [2.24, 2.45) is 0 Å². The van der Waals surface area contributed by atoms with Gasteiger partial charge in [0.2, 0.25) is 5.91 Å². The number of esters is 1. The third-order valence-electron chi connectivity index (χ3n) is 4.63. The van der Waals surface area contributed by atoms with E-state index >= 15 is 0 Å². The fraction of sp³-hybridized carbons (Fsp3) is 0.227. The zero-order chi connectivity index (χ0) is 21.8. The SMILES string of the molecule is CCNC(=O)[C@H](C)NC(=O)COC(=O)c1cccc2c1C(=O)c1ccccc1C2=O. The van der Waals surface area contributed by atoms with Crippen LogP contribution >= 0.6 is 0 Å². The minimum Gasteiger partial charge on any atom is -0.452 e. The van der Waals surface area contributed by atoms with Crippen molar-refractivity contribution in [2.75, 3.05) is 13.2 Å². The maximum atomic E-state index is 12.9. The Hall–Kier alpha value is -3.81. The molecule has 2 aromatic carbocycles. The summed E-state index contributed by atoms with van der Waals surface area (Å²) in [4.78, 5) is 61.8. The number of carbonyl (C=O) groups is 5. The van der Waals surface area contributed by atoms with Gasteiger partial charge < -0.3 is 15.4 Å². The summed E-state index contributed by atoms with van der Waals surface area (Å²) in [5.74, 6) is -2.75. The summed E-state index contributed by atoms with van der Waals surface area (Å²) >= 11 is 0. The van der Waals surface area contributed by atoms with E-state index < -0.39 is 30.3 Å². The van der Waals surface area contributed by atoms with Crippen molar-refractivity contribution in [2.45, 2.75) is 19.9 Å². The van der Waals surface area contributed by atoms with Gasteiger partial charge in [0, 0.05) is 28.8 Å². The number of rotatable bonds is 6. The molecule has 0 bridgehead atoms. The third kappa shape index (κ3) is 3.98. The molecule has 0 fully saturated rings. The summed E-state index contributed by atoms with van der Waals surface area (Å²) in [6.07, 6.45) is 0. The molecule has 2 amide bonds. The van der Waals surface area contributed by atoms with Crippen LogP contribution in [0, 0.1) is 0 Å². The summed E-state index contributed by atoms with van der Waals surface area (Å²) < 4.78 is 5.02. The standard InChI is InChI=1S/C22H20N2O6/c1-3-23-21(28)12(2)24-17(25)11-30-22(29)16-10-6-9-15-18(16)20(27)14-8-5-4-7-13(14)19(15)26/h4-10,12H,3,11H2,1-2H3,(H,23,28)(H,24,25)/t12-/m0/s1. The van der Waals surface area contributed by atoms with E-state index in [1.165, 1.54) is 31.2 Å². The second kappa shape index (κ2) is 8.69. The molecule has 2 N–H and O–H groups in total. The Morgan fingerprint density at radius 3 is 2.23 bits per heavy atom. The van der Waals surface area contributed by atoms with Crippen LogP contribution in [0.15, 0.2) is 42.5 Å². The van der Waals surface area contributed by atoms with E-state index in [1.807, 2.05) is 0 Å². The van der Waals surface area contributed by atoms with E-state index in [1.54, 1.807) is 25.1 Å². The molecule has 0 saturated carbocycles. The van der Waals surface area contributed by atoms with Crippen LogP contribution in [0.5, 0.6) is 0 Å². The molecular formula is C22H20N2O6. The zero-order valence-corrected chi connectivity index (χ0v) is 16.5. The number of ketones is 2. The first-order valence-corrected chi connectivity index (χ1v) is 9.40. The number of carbonyl (C=O) groups excluding carboxylic acids is 5. The smallest absolute Gasteiger partial charge is 0.339 e. The highest BCUT2D eigenvalue weighted by molar-refractivity contribution is 6.30. The summed E-state index contributed by atoms with van der Waals surface area (Å²) in [7, 11) is 0. The van der Waals surface area contributed by atoms with Crippen LogP contribution in [0.1, 0.15) is 56.0 Å². The summed E-state index contributed by atoms with van der Waals surface area (Å²) in [6, 6.07) is 9.91. The maximum absolute atomic E-state index is 12.9. The maximum Gasteiger partial charge on any atom is 0.339 e. The summed E-state index contributed by atoms with van der Waals surface area (Å²) in [6.45, 7) is 3.03. The lowest BCUT2D eigenvalue weighted by Gasteiger charge is -2.19. The molecule has 1 atom stereocenters. The second-order valence-electron chi connectivity index (χ2n) is 6.69. The lowest BCUT2D eigenvalue weighted by atomic mass is 9.82. The molecule has 0 aromatic heterocycles. The van der Waals surface area contributed by atoms with E-state index in [0.717, 1.165) is 0 Å². The van der Waals surface area contributed by atoms with Crippen molar-refractivity contribution in [1.29, 1.82) is 0 Å². The molecule has 30 heavy (non-hydrogen) atoms. The largest absolute Gasteiger partial charge is 0.452 e. The second-order valence-corrected chi connectivity index (χ2v) is 6.69. The highest BCUT2D eigenvalue weighted by atomic mass is 16.5. The molecule has 0 heterocycles. The number of hydrogen-bond acceptors (Lipinski definition) is 6. The van der Waals surface area contributed by atoms with E-state index in [4.69, 9.17) is 4.74 Å². The third-order valence-corrected chi connectivity index (χ3v) is 4.63. The molecule has 1 aliphatic rings. The first-order chi connectivity index (χ1) is 14.3. The van der Waals surface area contributed by atoms with E-state index in [2.05, 4.69) is 10.6 Å². The molecule has 0 unspecified atom stereocenters. The fourth-order valence-electron chi connectivity index (χ4n) is 3.20. The van der Waals surface area contributed by atoms with Crippen LogP contribution in [-0.2, 0) is 14.3 Å². The predicted molar refractivity (Wildman–Crippen MR) is 106 cm³/mol. The Kier molecular flexibility index (Phi) is 6.06. The van der Waals surface area contributed by atoms with E-state index in [0.29, 0.717) is 6.54 Å². The minimum absolute atomic E-state index is 0.0395. The molecule has 0 spiro atoms. The molecule has 1 aliphatic carbocycles. The van der Waals surface area contributed by atoms with Crippen molar-refractivity contribution < 1.29 is 28.7 Å². The van der Waals surface area contributed by atoms with Gasteiger partial charge in [-0.1, -0.05) is 36.4 Å². The Bertz CT molecular complexity index is 1060. The van der Waals surface area contributed by atoms with Crippen LogP contribution in [-0.4, -0.2) is 48.5 Å². The molecule has 8 nitrogen and oxygen atoms in total. The van der Waals surface area contributed by atoms with Gasteiger partial charge in [0.15, 0.2) is 18.2 Å². The van der Waals surface area contributed by atoms with Crippen molar-refractivity contribution in [3.05, 3.63) is 70.3 Å². The van der Waals surface area contributed by atoms with Gasteiger partial charge in [-0.2, -0.15) is 0 Å². The Balaban J connectivity index is 1.76. The van der Waals surface area contributed by atoms with Gasteiger partial charge in [-0.05, 0) is 19.9 Å². The fourth-order valence-corrected chi connectivity index (χ4v) is 3.20. The Morgan fingerprint density at radius 2 is 1.57 bits per heavy atom. The van der Waals surface area contributed by atoms with Crippen molar-refractivity contribution in [1.82, 2.24) is 10.6 Å². The number of amides is 2. The highest BCUT2D eigenvalue weighted by Crippen LogP contribution is 2.29. The average Bonchev–Trinajstić information content (AvgIpc) is 2.75. The number of nitrogens with one attached hydrogen (secondary N) is 2. The molecule has 0 radical (unpaired) electrons. The van der Waals surface area contributed by atoms with Gasteiger partial charge in [0.25, 0.3) is 5.91 Å². The van der Waals surface area contributed by atoms with Gasteiger partial charge >= 0.3 is 5.97 Å². The molecule has 154 valence electrons. The van der Waals surface area contributed by atoms with Gasteiger partial charge in [-0.15, -0.1) is 0 Å². The average molecular weight is 408 g/mol. The van der Waals surface area contributed by atoms with Crippen LogP contribution in [0.2, 0.25) is 0 Å². The lowest BCUT2D eigenvalue weighted by molar-refractivity contribution is -0.130. The monoisotopic (exact) mass is 408 g/mol. The number of benzene rings is 2. The van der Waals surface area contributed by atoms with Gasteiger partial charge in [-0.3, -0.25) is 19.2 Å². The van der Waals surface area contributed by atoms with Crippen molar-refractivity contribution in [3.8, 4) is 0 Å². The number of hydrogen-bond donors (Lipinski definition) is 2. The first kappa shape index (κ1) is 20.9. The van der Waals surface area contributed by atoms with Gasteiger partial charge in [0.1, 0.15) is 6.04 Å². The van der Waals surface area contributed by atoms with E-state index in [9.17, 15) is 24.0 Å². The molecule has 0 aliphatic heterocycles. The number of likely N-dealkylation sites (N-methyl/N-ethyl adjacent to an activating group) is 1. The van der Waals surface area contributed by atoms with Crippen LogP contribution in [0.4, 0.5) is 0 Å². The highest BCUT2D eigenvalue weighted by Gasteiger charge is 2.33. The molecular weight excluding hydrogens is 388 g/mol. The topological polar surface area (TPSA) is 119 Å². The Morgan fingerprint density at radius 1 is 0.933 bits per heavy atom. The van der Waals surface area contributed by atoms with Crippen molar-refractivity contribution in [3.63, 3.8) is 0 Å². The van der Waals surface area contributed by atoms with Crippen molar-refractivity contribution >= 4 is 29.4 Å². The zero-order valence-electron chi connectivity index (χ0n) is 16.5. The van der Waals surface area contributed by atoms with Crippen LogP contribution in [0.25, 0.3) is 0 Å². The molecule has 8 heteroatoms. The quantitative estimate of drug-likeness (QED) is 0.593. The van der Waals surface area contributed by atoms with E-state index in [-0.39, 0.29) is 39.5 Å². The first-order valence-electron chi connectivity index (χ1n) is 9.40. The number of fused-ring (bicyclic) bond motifs is 2. The molecule has 0 saturated heterocycles. The number of ether oxygens (including phenoxy) is 1. The van der Waals surface area contributed by atoms with Crippen LogP contribution in [0.3, 0.4) is 0 Å². The Labute approximate surface area is 172 Å². The van der Waals surface area contributed by atoms with Crippen LogP contribution < -0.4 is 10.6 Å². The predicted octanol–water partition coefficient (Wildman–Crippen LogP) is 1.26. The molecule has 2 aromatic rings. The molecule has 3 rings (SSSR count). The lowest BCUT2D eigenvalue weighted by Crippen LogP contribution is -2.46. The normalized spacial score (nSPS) is 13.0. The summed E-state index contributed by atoms with van der Waals surface area (Å²) in [5, 5.41) is 4.98. The minimum atomic E-state index is -0.909.